The molecular formula is C18H21N3O2. The van der Waals surface area contributed by atoms with Crippen LogP contribution in [0.25, 0.3) is 0 Å². The molecule has 5 heteroatoms. The second kappa shape index (κ2) is 7.24. The van der Waals surface area contributed by atoms with Crippen LogP contribution in [-0.2, 0) is 11.3 Å². The van der Waals surface area contributed by atoms with Gasteiger partial charge in [-0.25, -0.2) is 4.98 Å². The van der Waals surface area contributed by atoms with E-state index < -0.39 is 0 Å². The first kappa shape index (κ1) is 15.5. The fraction of sp³-hybridized carbons (Fsp3) is 0.333. The van der Waals surface area contributed by atoms with Crippen LogP contribution in [0.4, 0.5) is 5.69 Å². The van der Waals surface area contributed by atoms with E-state index in [0.29, 0.717) is 5.88 Å². The Balaban J connectivity index is 1.54. The highest BCUT2D eigenvalue weighted by Gasteiger charge is 2.24. The third kappa shape index (κ3) is 4.53. The van der Waals surface area contributed by atoms with E-state index in [1.54, 1.807) is 6.20 Å². The molecule has 1 unspecified atom stereocenters. The Morgan fingerprint density at radius 2 is 2.26 bits per heavy atom. The van der Waals surface area contributed by atoms with Crippen molar-refractivity contribution in [1.29, 1.82) is 0 Å². The van der Waals surface area contributed by atoms with Gasteiger partial charge in [-0.2, -0.15) is 0 Å². The molecule has 0 bridgehead atoms. The van der Waals surface area contributed by atoms with Crippen molar-refractivity contribution in [2.75, 3.05) is 18.4 Å². The molecule has 1 saturated heterocycles. The highest BCUT2D eigenvalue weighted by molar-refractivity contribution is 5.88. The molecule has 2 heterocycles. The lowest BCUT2D eigenvalue weighted by Gasteiger charge is -2.17. The molecule has 1 N–H and O–H groups in total. The van der Waals surface area contributed by atoms with Gasteiger partial charge in [0.25, 0.3) is 0 Å². The Hall–Kier alpha value is -2.40. The van der Waals surface area contributed by atoms with Crippen LogP contribution < -0.4 is 10.1 Å². The van der Waals surface area contributed by atoms with Crippen LogP contribution in [0.15, 0.2) is 48.7 Å². The summed E-state index contributed by atoms with van der Waals surface area (Å²) in [6.07, 6.45) is 2.93. The van der Waals surface area contributed by atoms with Gasteiger partial charge in [0.15, 0.2) is 0 Å². The number of nitrogens with one attached hydrogen (secondary N) is 1. The summed E-state index contributed by atoms with van der Waals surface area (Å²) in [5, 5.41) is 2.82. The monoisotopic (exact) mass is 311 g/mol. The number of hydrogen-bond acceptors (Lipinski definition) is 4. The van der Waals surface area contributed by atoms with Gasteiger partial charge in [-0.15, -0.1) is 0 Å². The van der Waals surface area contributed by atoms with Gasteiger partial charge in [-0.05, 0) is 30.2 Å². The van der Waals surface area contributed by atoms with Crippen molar-refractivity contribution in [1.82, 2.24) is 9.88 Å². The molecule has 1 aliphatic rings. The third-order valence-electron chi connectivity index (χ3n) is 3.81. The van der Waals surface area contributed by atoms with E-state index in [1.807, 2.05) is 36.4 Å². The number of ether oxygens (including phenoxy) is 1. The summed E-state index contributed by atoms with van der Waals surface area (Å²) in [6, 6.07) is 13.7. The zero-order valence-corrected chi connectivity index (χ0v) is 13.2. The smallest absolute Gasteiger partial charge is 0.221 e. The Morgan fingerprint density at radius 3 is 3.04 bits per heavy atom. The minimum atomic E-state index is -0.0489. The van der Waals surface area contributed by atoms with Crippen LogP contribution in [0.3, 0.4) is 0 Å². The van der Waals surface area contributed by atoms with Gasteiger partial charge in [-0.1, -0.05) is 18.2 Å². The lowest BCUT2D eigenvalue weighted by atomic mass is 10.2. The van der Waals surface area contributed by atoms with Crippen LogP contribution in [-0.4, -0.2) is 35.0 Å². The van der Waals surface area contributed by atoms with E-state index in [1.165, 1.54) is 12.5 Å². The molecule has 1 amide bonds. The summed E-state index contributed by atoms with van der Waals surface area (Å²) in [7, 11) is 0. The second-order valence-corrected chi connectivity index (χ2v) is 5.81. The molecule has 2 aromatic rings. The first-order chi connectivity index (χ1) is 11.2. The highest BCUT2D eigenvalue weighted by atomic mass is 16.5. The number of benzene rings is 1. The predicted octanol–water partition coefficient (Wildman–Crippen LogP) is 2.69. The van der Waals surface area contributed by atoms with Crippen molar-refractivity contribution in [3.8, 4) is 5.88 Å². The summed E-state index contributed by atoms with van der Waals surface area (Å²) in [6.45, 7) is 4.27. The van der Waals surface area contributed by atoms with Crippen molar-refractivity contribution in [2.45, 2.75) is 26.0 Å². The van der Waals surface area contributed by atoms with Crippen molar-refractivity contribution in [2.24, 2.45) is 0 Å². The van der Waals surface area contributed by atoms with Crippen LogP contribution >= 0.6 is 0 Å². The maximum absolute atomic E-state index is 11.1. The van der Waals surface area contributed by atoms with E-state index in [4.69, 9.17) is 4.74 Å². The fourth-order valence-electron chi connectivity index (χ4n) is 2.83. The molecular weight excluding hydrogens is 290 g/mol. The number of pyridine rings is 1. The van der Waals surface area contributed by atoms with E-state index in [0.717, 1.165) is 31.7 Å². The Kier molecular flexibility index (Phi) is 4.88. The van der Waals surface area contributed by atoms with Gasteiger partial charge >= 0.3 is 0 Å². The van der Waals surface area contributed by atoms with Crippen LogP contribution in [0.1, 0.15) is 18.9 Å². The maximum atomic E-state index is 11.1. The first-order valence-corrected chi connectivity index (χ1v) is 7.85. The molecule has 0 saturated carbocycles. The summed E-state index contributed by atoms with van der Waals surface area (Å²) in [5.41, 5.74) is 2.03. The Morgan fingerprint density at radius 1 is 1.35 bits per heavy atom. The lowest BCUT2D eigenvalue weighted by Crippen LogP contribution is -2.24. The number of aromatic nitrogens is 1. The first-order valence-electron chi connectivity index (χ1n) is 7.85. The third-order valence-corrected chi connectivity index (χ3v) is 3.81. The predicted molar refractivity (Wildman–Crippen MR) is 89.3 cm³/mol. The number of carbonyl (C=O) groups is 1. The normalized spacial score (nSPS) is 17.9. The SMILES string of the molecule is CC(=O)Nc1cccc(CN2CCC(Oc3ccccn3)C2)c1. The molecule has 0 aliphatic carbocycles. The zero-order valence-electron chi connectivity index (χ0n) is 13.2. The van der Waals surface area contributed by atoms with Gasteiger partial charge in [-0.3, -0.25) is 9.69 Å². The van der Waals surface area contributed by atoms with E-state index in [9.17, 15) is 4.79 Å². The molecule has 1 aliphatic heterocycles. The Labute approximate surface area is 136 Å². The number of amides is 1. The summed E-state index contributed by atoms with van der Waals surface area (Å²) >= 11 is 0. The number of anilines is 1. The second-order valence-electron chi connectivity index (χ2n) is 5.81. The molecule has 1 fully saturated rings. The molecule has 23 heavy (non-hydrogen) atoms. The summed E-state index contributed by atoms with van der Waals surface area (Å²) in [4.78, 5) is 17.7. The number of rotatable bonds is 5. The van der Waals surface area contributed by atoms with Crippen molar-refractivity contribution in [3.63, 3.8) is 0 Å². The van der Waals surface area contributed by atoms with Gasteiger partial charge in [0.05, 0.1) is 0 Å². The molecule has 1 aromatic heterocycles. The topological polar surface area (TPSA) is 54.5 Å². The molecule has 0 radical (unpaired) electrons. The number of carbonyl (C=O) groups excluding carboxylic acids is 1. The number of nitrogens with zero attached hydrogens (tertiary/aromatic N) is 2. The van der Waals surface area contributed by atoms with Crippen LogP contribution in [0.2, 0.25) is 0 Å². The number of likely N-dealkylation sites (tertiary alicyclic amines) is 1. The van der Waals surface area contributed by atoms with E-state index >= 15 is 0 Å². The van der Waals surface area contributed by atoms with E-state index in [-0.39, 0.29) is 12.0 Å². The lowest BCUT2D eigenvalue weighted by molar-refractivity contribution is -0.114. The minimum Gasteiger partial charge on any atom is -0.473 e. The van der Waals surface area contributed by atoms with Crippen molar-refractivity contribution in [3.05, 3.63) is 54.2 Å². The fourth-order valence-corrected chi connectivity index (χ4v) is 2.83. The molecule has 5 nitrogen and oxygen atoms in total. The molecule has 120 valence electrons. The molecule has 0 spiro atoms. The van der Waals surface area contributed by atoms with Gasteiger partial charge < -0.3 is 10.1 Å². The molecule has 3 rings (SSSR count). The average molecular weight is 311 g/mol. The molecule has 1 aromatic carbocycles. The van der Waals surface area contributed by atoms with Crippen LogP contribution in [0, 0.1) is 0 Å². The largest absolute Gasteiger partial charge is 0.473 e. The zero-order chi connectivity index (χ0) is 16.1. The maximum Gasteiger partial charge on any atom is 0.221 e. The quantitative estimate of drug-likeness (QED) is 0.922. The summed E-state index contributed by atoms with van der Waals surface area (Å²) in [5.74, 6) is 0.638. The molecule has 1 atom stereocenters. The highest BCUT2D eigenvalue weighted by Crippen LogP contribution is 2.19. The van der Waals surface area contributed by atoms with Gasteiger partial charge in [0.2, 0.25) is 11.8 Å². The average Bonchev–Trinajstić information content (AvgIpc) is 2.95. The van der Waals surface area contributed by atoms with E-state index in [2.05, 4.69) is 21.3 Å². The van der Waals surface area contributed by atoms with Crippen molar-refractivity contribution >= 4 is 11.6 Å². The van der Waals surface area contributed by atoms with Crippen molar-refractivity contribution < 1.29 is 9.53 Å². The minimum absolute atomic E-state index is 0.0489. The standard InChI is InChI=1S/C18H21N3O2/c1-14(22)20-16-6-4-5-15(11-16)12-21-10-8-17(13-21)23-18-7-2-3-9-19-18/h2-7,9,11,17H,8,10,12-13H2,1H3,(H,20,22). The number of hydrogen-bond donors (Lipinski definition) is 1. The Bertz CT molecular complexity index is 660. The van der Waals surface area contributed by atoms with Gasteiger partial charge in [0, 0.05) is 44.5 Å². The van der Waals surface area contributed by atoms with Crippen LogP contribution in [0.5, 0.6) is 5.88 Å². The van der Waals surface area contributed by atoms with Gasteiger partial charge in [0.1, 0.15) is 6.10 Å². The summed E-state index contributed by atoms with van der Waals surface area (Å²) < 4.78 is 5.91.